The number of carbonyl (C=O) groups is 1. The van der Waals surface area contributed by atoms with E-state index in [1.165, 1.54) is 16.7 Å². The normalized spacial score (nSPS) is 9.12. The molecule has 3 aromatic rings. The second-order valence-corrected chi connectivity index (χ2v) is 5.44. The van der Waals surface area contributed by atoms with E-state index >= 15 is 0 Å². The van der Waals surface area contributed by atoms with E-state index in [4.69, 9.17) is 5.11 Å². The molecular formula is C23H26O2. The van der Waals surface area contributed by atoms with Gasteiger partial charge in [-0.1, -0.05) is 85.6 Å². The van der Waals surface area contributed by atoms with Gasteiger partial charge in [0.1, 0.15) is 12.0 Å². The van der Waals surface area contributed by atoms with Gasteiger partial charge in [0.05, 0.1) is 0 Å². The summed E-state index contributed by atoms with van der Waals surface area (Å²) in [4.78, 5) is 10.5. The molecule has 130 valence electrons. The van der Waals surface area contributed by atoms with Crippen LogP contribution in [0.2, 0.25) is 0 Å². The summed E-state index contributed by atoms with van der Waals surface area (Å²) >= 11 is 0. The zero-order chi connectivity index (χ0) is 18.7. The van der Waals surface area contributed by atoms with Crippen molar-refractivity contribution in [1.82, 2.24) is 0 Å². The molecule has 0 aliphatic rings. The molecule has 3 rings (SSSR count). The van der Waals surface area contributed by atoms with Crippen LogP contribution in [-0.4, -0.2) is 11.4 Å². The Bertz CT molecular complexity index is 719. The van der Waals surface area contributed by atoms with Crippen molar-refractivity contribution in [1.29, 1.82) is 0 Å². The number of rotatable bonds is 2. The summed E-state index contributed by atoms with van der Waals surface area (Å²) in [6, 6.07) is 23.0. The fourth-order valence-electron chi connectivity index (χ4n) is 2.04. The molecule has 0 saturated heterocycles. The van der Waals surface area contributed by atoms with E-state index < -0.39 is 0 Å². The first-order valence-electron chi connectivity index (χ1n) is 8.46. The van der Waals surface area contributed by atoms with E-state index in [1.807, 2.05) is 57.2 Å². The lowest BCUT2D eigenvalue weighted by atomic mass is 10.0. The van der Waals surface area contributed by atoms with Crippen molar-refractivity contribution in [2.24, 2.45) is 0 Å². The second kappa shape index (κ2) is 10.8. The van der Waals surface area contributed by atoms with Gasteiger partial charge in [0, 0.05) is 5.56 Å². The molecule has 0 heterocycles. The Balaban J connectivity index is 0.000000264. The Kier molecular flexibility index (Phi) is 8.73. The third-order valence-corrected chi connectivity index (χ3v) is 3.47. The molecule has 0 unspecified atom stereocenters. The topological polar surface area (TPSA) is 37.3 Å². The highest BCUT2D eigenvalue weighted by Gasteiger charge is 1.96. The van der Waals surface area contributed by atoms with Gasteiger partial charge in [-0.3, -0.25) is 4.79 Å². The van der Waals surface area contributed by atoms with Crippen molar-refractivity contribution in [3.63, 3.8) is 0 Å². The summed E-state index contributed by atoms with van der Waals surface area (Å²) in [6.07, 6.45) is 0.860. The molecule has 0 aromatic heterocycles. The van der Waals surface area contributed by atoms with E-state index in [-0.39, 0.29) is 0 Å². The van der Waals surface area contributed by atoms with Crippen molar-refractivity contribution in [2.45, 2.75) is 27.7 Å². The Morgan fingerprint density at radius 1 is 0.640 bits per heavy atom. The number of aldehydes is 1. The highest BCUT2D eigenvalue weighted by molar-refractivity contribution is 5.76. The van der Waals surface area contributed by atoms with Crippen LogP contribution in [0.15, 0.2) is 72.8 Å². The summed E-state index contributed by atoms with van der Waals surface area (Å²) in [5.74, 6) is 0.329. The summed E-state index contributed by atoms with van der Waals surface area (Å²) in [5, 5.41) is 8.76. The lowest BCUT2D eigenvalue weighted by Gasteiger charge is -2.02. The number of benzene rings is 3. The average molecular weight is 334 g/mol. The van der Waals surface area contributed by atoms with E-state index in [0.717, 1.165) is 11.8 Å². The molecule has 0 aliphatic carbocycles. The summed E-state index contributed by atoms with van der Waals surface area (Å²) < 4.78 is 0. The molecule has 0 amide bonds. The maximum absolute atomic E-state index is 10.5. The van der Waals surface area contributed by atoms with Crippen LogP contribution >= 0.6 is 0 Å². The molecule has 25 heavy (non-hydrogen) atoms. The number of carbonyl (C=O) groups excluding carboxylic acids is 1. The Labute approximate surface area is 150 Å². The number of phenolic OH excluding ortho intramolecular Hbond substituents is 1. The van der Waals surface area contributed by atoms with Crippen LogP contribution in [0.5, 0.6) is 5.75 Å². The van der Waals surface area contributed by atoms with Gasteiger partial charge in [-0.2, -0.15) is 0 Å². The van der Waals surface area contributed by atoms with Gasteiger partial charge >= 0.3 is 0 Å². The zero-order valence-corrected chi connectivity index (χ0v) is 15.4. The molecule has 1 N–H and O–H groups in total. The molecular weight excluding hydrogens is 308 g/mol. The number of aromatic hydroxyl groups is 1. The van der Waals surface area contributed by atoms with Crippen molar-refractivity contribution >= 4 is 6.29 Å². The predicted octanol–water partition coefficient (Wildman–Crippen LogP) is 6.20. The van der Waals surface area contributed by atoms with Crippen LogP contribution in [0.3, 0.4) is 0 Å². The van der Waals surface area contributed by atoms with E-state index in [9.17, 15) is 4.79 Å². The second-order valence-electron chi connectivity index (χ2n) is 5.44. The van der Waals surface area contributed by atoms with Crippen LogP contribution < -0.4 is 0 Å². The SMILES string of the molecule is CC.Cc1ccc(-c2ccc(C=O)cc2)cc1.Cc1ccc(O)cc1. The molecule has 3 aromatic carbocycles. The average Bonchev–Trinajstić information content (AvgIpc) is 2.67. The molecule has 0 spiro atoms. The lowest BCUT2D eigenvalue weighted by Crippen LogP contribution is -1.81. The fraction of sp³-hybridized carbons (Fsp3) is 0.174. The molecule has 0 saturated carbocycles. The van der Waals surface area contributed by atoms with Crippen molar-refractivity contribution in [3.8, 4) is 16.9 Å². The van der Waals surface area contributed by atoms with Crippen molar-refractivity contribution in [2.75, 3.05) is 0 Å². The molecule has 2 heteroatoms. The highest BCUT2D eigenvalue weighted by Crippen LogP contribution is 2.19. The van der Waals surface area contributed by atoms with Crippen LogP contribution in [-0.2, 0) is 0 Å². The number of hydrogen-bond donors (Lipinski definition) is 1. The maximum Gasteiger partial charge on any atom is 0.150 e. The first-order valence-corrected chi connectivity index (χ1v) is 8.46. The van der Waals surface area contributed by atoms with E-state index in [2.05, 4.69) is 31.2 Å². The van der Waals surface area contributed by atoms with Gasteiger partial charge in [0.25, 0.3) is 0 Å². The monoisotopic (exact) mass is 334 g/mol. The third kappa shape index (κ3) is 7.05. The van der Waals surface area contributed by atoms with E-state index in [0.29, 0.717) is 11.3 Å². The lowest BCUT2D eigenvalue weighted by molar-refractivity contribution is 0.112. The van der Waals surface area contributed by atoms with Crippen LogP contribution in [0, 0.1) is 13.8 Å². The zero-order valence-electron chi connectivity index (χ0n) is 15.4. The minimum Gasteiger partial charge on any atom is -0.508 e. The number of aryl methyl sites for hydroxylation is 2. The quantitative estimate of drug-likeness (QED) is 0.566. The van der Waals surface area contributed by atoms with Gasteiger partial charge < -0.3 is 5.11 Å². The molecule has 0 bridgehead atoms. The standard InChI is InChI=1S/C14H12O.C7H8O.C2H6/c1-11-2-6-13(7-3-11)14-8-4-12(10-15)5-9-14;1-6-2-4-7(8)5-3-6;1-2/h2-10H,1H3;2-5,8H,1H3;1-2H3. The summed E-state index contributed by atoms with van der Waals surface area (Å²) in [5.41, 5.74) is 5.45. The van der Waals surface area contributed by atoms with Gasteiger partial charge in [0.15, 0.2) is 0 Å². The number of phenols is 1. The van der Waals surface area contributed by atoms with Gasteiger partial charge in [-0.05, 0) is 37.1 Å². The minimum atomic E-state index is 0.329. The predicted molar refractivity (Wildman–Crippen MR) is 106 cm³/mol. The van der Waals surface area contributed by atoms with Gasteiger partial charge in [0.2, 0.25) is 0 Å². The van der Waals surface area contributed by atoms with E-state index in [1.54, 1.807) is 12.1 Å². The highest BCUT2D eigenvalue weighted by atomic mass is 16.3. The smallest absolute Gasteiger partial charge is 0.150 e. The van der Waals surface area contributed by atoms with Crippen LogP contribution in [0.1, 0.15) is 35.3 Å². The largest absolute Gasteiger partial charge is 0.508 e. The van der Waals surface area contributed by atoms with Gasteiger partial charge in [-0.25, -0.2) is 0 Å². The van der Waals surface area contributed by atoms with Crippen LogP contribution in [0.4, 0.5) is 0 Å². The summed E-state index contributed by atoms with van der Waals surface area (Å²) in [7, 11) is 0. The molecule has 0 aliphatic heterocycles. The first kappa shape index (κ1) is 20.2. The Morgan fingerprint density at radius 2 is 1.00 bits per heavy atom. The Hall–Kier alpha value is -2.87. The van der Waals surface area contributed by atoms with Crippen LogP contribution in [0.25, 0.3) is 11.1 Å². The maximum atomic E-state index is 10.5. The minimum absolute atomic E-state index is 0.329. The molecule has 0 fully saturated rings. The molecule has 2 nitrogen and oxygen atoms in total. The third-order valence-electron chi connectivity index (χ3n) is 3.47. The fourth-order valence-corrected chi connectivity index (χ4v) is 2.04. The van der Waals surface area contributed by atoms with Crippen molar-refractivity contribution < 1.29 is 9.90 Å². The number of hydrogen-bond acceptors (Lipinski definition) is 2. The molecule has 0 atom stereocenters. The van der Waals surface area contributed by atoms with Crippen molar-refractivity contribution in [3.05, 3.63) is 89.5 Å². The first-order chi connectivity index (χ1) is 12.1. The van der Waals surface area contributed by atoms with Gasteiger partial charge in [-0.15, -0.1) is 0 Å². The molecule has 0 radical (unpaired) electrons. The Morgan fingerprint density at radius 3 is 1.36 bits per heavy atom. The summed E-state index contributed by atoms with van der Waals surface area (Å²) in [6.45, 7) is 8.05.